The van der Waals surface area contributed by atoms with Crippen molar-refractivity contribution in [2.45, 2.75) is 19.3 Å². The van der Waals surface area contributed by atoms with Crippen LogP contribution in [0.15, 0.2) is 40.8 Å². The second-order valence-electron chi connectivity index (χ2n) is 6.89. The summed E-state index contributed by atoms with van der Waals surface area (Å²) in [7, 11) is 0. The first kappa shape index (κ1) is 17.7. The molecule has 146 valence electrons. The fraction of sp³-hybridized carbons (Fsp3) is 0.250. The summed E-state index contributed by atoms with van der Waals surface area (Å²) >= 11 is 1.45. The van der Waals surface area contributed by atoms with Gasteiger partial charge in [0.1, 0.15) is 5.69 Å². The number of thiazole rings is 1. The van der Waals surface area contributed by atoms with E-state index in [1.54, 1.807) is 6.07 Å². The second kappa shape index (κ2) is 7.25. The highest BCUT2D eigenvalue weighted by Gasteiger charge is 2.22. The molecule has 8 nitrogen and oxygen atoms in total. The molecule has 29 heavy (non-hydrogen) atoms. The minimum absolute atomic E-state index is 0.223. The van der Waals surface area contributed by atoms with Gasteiger partial charge in [-0.1, -0.05) is 29.5 Å². The molecule has 9 heteroatoms. The number of carbonyl (C=O) groups is 1. The predicted octanol–water partition coefficient (Wildman–Crippen LogP) is 3.50. The Morgan fingerprint density at radius 2 is 1.79 bits per heavy atom. The molecule has 1 amide bonds. The maximum Gasteiger partial charge on any atom is 0.266 e. The van der Waals surface area contributed by atoms with Gasteiger partial charge in [-0.3, -0.25) is 4.79 Å². The third-order valence-corrected chi connectivity index (χ3v) is 6.05. The molecule has 0 unspecified atom stereocenters. The number of fused-ring (bicyclic) bond motifs is 1. The number of nitrogens with two attached hydrogens (primary N) is 1. The SMILES string of the molecule is NC(=O)c1cc(-c2nnc(-c3ccccc3)o2)nc2nc(N3CCCCC3)sc12. The van der Waals surface area contributed by atoms with Crippen molar-refractivity contribution in [1.29, 1.82) is 0 Å². The van der Waals surface area contributed by atoms with E-state index in [0.717, 1.165) is 36.6 Å². The van der Waals surface area contributed by atoms with Crippen molar-refractivity contribution >= 4 is 32.7 Å². The van der Waals surface area contributed by atoms with E-state index in [2.05, 4.69) is 25.1 Å². The van der Waals surface area contributed by atoms with Crippen LogP contribution < -0.4 is 10.6 Å². The summed E-state index contributed by atoms with van der Waals surface area (Å²) in [5.74, 6) is 0.0754. The molecule has 0 spiro atoms. The van der Waals surface area contributed by atoms with Crippen molar-refractivity contribution in [1.82, 2.24) is 20.2 Å². The quantitative estimate of drug-likeness (QED) is 0.552. The van der Waals surface area contributed by atoms with E-state index in [1.807, 2.05) is 30.3 Å². The fourth-order valence-electron chi connectivity index (χ4n) is 3.44. The number of aromatic nitrogens is 4. The average molecular weight is 406 g/mol. The summed E-state index contributed by atoms with van der Waals surface area (Å²) < 4.78 is 6.48. The molecule has 1 saturated heterocycles. The highest BCUT2D eigenvalue weighted by molar-refractivity contribution is 7.22. The minimum atomic E-state index is -0.532. The number of rotatable bonds is 4. The second-order valence-corrected chi connectivity index (χ2v) is 7.87. The van der Waals surface area contributed by atoms with Gasteiger partial charge in [0, 0.05) is 18.7 Å². The van der Waals surface area contributed by atoms with E-state index >= 15 is 0 Å². The summed E-state index contributed by atoms with van der Waals surface area (Å²) in [6.45, 7) is 1.92. The number of primary amides is 1. The van der Waals surface area contributed by atoms with Gasteiger partial charge in [-0.15, -0.1) is 10.2 Å². The van der Waals surface area contributed by atoms with Gasteiger partial charge in [0.25, 0.3) is 5.89 Å². The molecule has 5 rings (SSSR count). The zero-order valence-corrected chi connectivity index (χ0v) is 16.4. The Labute approximate surface area is 170 Å². The lowest BCUT2D eigenvalue weighted by Crippen LogP contribution is -2.29. The molecule has 1 fully saturated rings. The van der Waals surface area contributed by atoms with Crippen LogP contribution >= 0.6 is 11.3 Å². The molecule has 3 aromatic heterocycles. The van der Waals surface area contributed by atoms with E-state index in [9.17, 15) is 4.79 Å². The highest BCUT2D eigenvalue weighted by Crippen LogP contribution is 2.34. The summed E-state index contributed by atoms with van der Waals surface area (Å²) in [6.07, 6.45) is 3.51. The van der Waals surface area contributed by atoms with Gasteiger partial charge in [-0.05, 0) is 37.5 Å². The Morgan fingerprint density at radius 3 is 2.55 bits per heavy atom. The third kappa shape index (κ3) is 3.33. The van der Waals surface area contributed by atoms with Gasteiger partial charge in [0.2, 0.25) is 11.8 Å². The van der Waals surface area contributed by atoms with E-state index in [0.29, 0.717) is 27.5 Å². The van der Waals surface area contributed by atoms with Crippen LogP contribution in [-0.2, 0) is 0 Å². The Morgan fingerprint density at radius 1 is 1.03 bits per heavy atom. The summed E-state index contributed by atoms with van der Waals surface area (Å²) in [5.41, 5.74) is 7.68. The van der Waals surface area contributed by atoms with Crippen molar-refractivity contribution in [3.63, 3.8) is 0 Å². The molecule has 0 radical (unpaired) electrons. The Bertz CT molecular complexity index is 1180. The molecule has 0 saturated carbocycles. The molecular weight excluding hydrogens is 388 g/mol. The first-order valence-corrected chi connectivity index (χ1v) is 10.3. The number of benzene rings is 1. The molecule has 2 N–H and O–H groups in total. The van der Waals surface area contributed by atoms with Crippen molar-refractivity contribution in [3.8, 4) is 23.0 Å². The number of hydrogen-bond acceptors (Lipinski definition) is 8. The number of anilines is 1. The van der Waals surface area contributed by atoms with E-state index < -0.39 is 5.91 Å². The topological polar surface area (TPSA) is 111 Å². The van der Waals surface area contributed by atoms with Crippen molar-refractivity contribution in [3.05, 3.63) is 42.0 Å². The zero-order valence-electron chi connectivity index (χ0n) is 15.5. The average Bonchev–Trinajstić information content (AvgIpc) is 3.41. The normalized spacial score (nSPS) is 14.4. The van der Waals surface area contributed by atoms with Crippen molar-refractivity contribution in [2.24, 2.45) is 5.73 Å². The van der Waals surface area contributed by atoms with E-state index in [1.165, 1.54) is 17.8 Å². The molecule has 4 heterocycles. The first-order chi connectivity index (χ1) is 14.2. The number of piperidine rings is 1. The fourth-order valence-corrected chi connectivity index (χ4v) is 4.52. The standard InChI is InChI=1S/C20H18N6O2S/c21-16(27)13-11-14(19-25-24-18(28-19)12-7-3-1-4-8-12)22-17-15(13)29-20(23-17)26-9-5-2-6-10-26/h1,3-4,7-8,11H,2,5-6,9-10H2,(H2,21,27). The Kier molecular flexibility index (Phi) is 4.44. The number of amides is 1. The van der Waals surface area contributed by atoms with Crippen molar-refractivity contribution in [2.75, 3.05) is 18.0 Å². The lowest BCUT2D eigenvalue weighted by Gasteiger charge is -2.25. The summed E-state index contributed by atoms with van der Waals surface area (Å²) in [6, 6.07) is 11.1. The molecule has 0 aliphatic carbocycles. The van der Waals surface area contributed by atoms with E-state index in [4.69, 9.17) is 10.2 Å². The van der Waals surface area contributed by atoms with Crippen LogP contribution in [0, 0.1) is 0 Å². The minimum Gasteiger partial charge on any atom is -0.415 e. The molecule has 0 bridgehead atoms. The third-order valence-electron chi connectivity index (χ3n) is 4.91. The molecular formula is C20H18N6O2S. The van der Waals surface area contributed by atoms with Crippen LogP contribution in [0.5, 0.6) is 0 Å². The maximum atomic E-state index is 12.1. The highest BCUT2D eigenvalue weighted by atomic mass is 32.1. The van der Waals surface area contributed by atoms with Gasteiger partial charge >= 0.3 is 0 Å². The van der Waals surface area contributed by atoms with Crippen LogP contribution in [0.1, 0.15) is 29.6 Å². The Hall–Kier alpha value is -3.33. The molecule has 1 aromatic carbocycles. The van der Waals surface area contributed by atoms with Gasteiger partial charge in [0.05, 0.1) is 10.3 Å². The van der Waals surface area contributed by atoms with Gasteiger partial charge in [0.15, 0.2) is 10.8 Å². The lowest BCUT2D eigenvalue weighted by atomic mass is 10.1. The van der Waals surface area contributed by atoms with Crippen molar-refractivity contribution < 1.29 is 9.21 Å². The van der Waals surface area contributed by atoms with Crippen LogP contribution in [-0.4, -0.2) is 39.2 Å². The van der Waals surface area contributed by atoms with Crippen LogP contribution in [0.25, 0.3) is 33.4 Å². The molecule has 1 aliphatic heterocycles. The first-order valence-electron chi connectivity index (χ1n) is 9.45. The van der Waals surface area contributed by atoms with E-state index in [-0.39, 0.29) is 5.89 Å². The zero-order chi connectivity index (χ0) is 19.8. The monoisotopic (exact) mass is 406 g/mol. The van der Waals surface area contributed by atoms with Gasteiger partial charge < -0.3 is 15.1 Å². The lowest BCUT2D eigenvalue weighted by molar-refractivity contribution is 0.100. The van der Waals surface area contributed by atoms with Crippen LogP contribution in [0.2, 0.25) is 0 Å². The van der Waals surface area contributed by atoms with Gasteiger partial charge in [-0.25, -0.2) is 4.98 Å². The summed E-state index contributed by atoms with van der Waals surface area (Å²) in [5, 5.41) is 9.06. The van der Waals surface area contributed by atoms with Crippen LogP contribution in [0.4, 0.5) is 5.13 Å². The number of hydrogen-bond donors (Lipinski definition) is 1. The predicted molar refractivity (Wildman–Crippen MR) is 111 cm³/mol. The molecule has 1 aliphatic rings. The van der Waals surface area contributed by atoms with Gasteiger partial charge in [-0.2, -0.15) is 4.98 Å². The smallest absolute Gasteiger partial charge is 0.266 e. The number of pyridine rings is 1. The van der Waals surface area contributed by atoms with Crippen LogP contribution in [0.3, 0.4) is 0 Å². The number of carbonyl (C=O) groups excluding carboxylic acids is 1. The number of nitrogens with zero attached hydrogens (tertiary/aromatic N) is 5. The molecule has 0 atom stereocenters. The maximum absolute atomic E-state index is 12.1. The Balaban J connectivity index is 1.58. The molecule has 4 aromatic rings. The summed E-state index contributed by atoms with van der Waals surface area (Å²) in [4.78, 5) is 23.6. The largest absolute Gasteiger partial charge is 0.415 e.